The number of nitrogens with zero attached hydrogens (tertiary/aromatic N) is 2. The lowest BCUT2D eigenvalue weighted by Gasteiger charge is -2.06. The van der Waals surface area contributed by atoms with Crippen molar-refractivity contribution in [2.45, 2.75) is 41.5 Å². The fourth-order valence-corrected chi connectivity index (χ4v) is 2.86. The lowest BCUT2D eigenvalue weighted by molar-refractivity contribution is 1.23. The molecule has 22 heavy (non-hydrogen) atoms. The van der Waals surface area contributed by atoms with Gasteiger partial charge in [0, 0.05) is 11.1 Å². The number of hydrogen-bond donors (Lipinski definition) is 0. The van der Waals surface area contributed by atoms with Crippen molar-refractivity contribution in [3.8, 4) is 0 Å². The highest BCUT2D eigenvalue weighted by atomic mass is 15.2. The maximum Gasteiger partial charge on any atom is 0.0867 e. The largest absolute Gasteiger partial charge is 0.158 e. The molecule has 2 heteroatoms. The van der Waals surface area contributed by atoms with E-state index in [4.69, 9.17) is 2.74 Å². The topological polar surface area (TPSA) is 24.7 Å². The van der Waals surface area contributed by atoms with Crippen LogP contribution in [0.1, 0.15) is 47.2 Å². The summed E-state index contributed by atoms with van der Waals surface area (Å²) < 4.78 is 16.4. The van der Waals surface area contributed by atoms with Gasteiger partial charge in [-0.05, 0) is 63.8 Å². The highest BCUT2D eigenvalue weighted by Gasteiger charge is 2.02. The van der Waals surface area contributed by atoms with Gasteiger partial charge in [0.05, 0.1) is 15.1 Å². The van der Waals surface area contributed by atoms with Crippen molar-refractivity contribution in [2.75, 3.05) is 0 Å². The molecule has 114 valence electrons. The molecular formula is C20H24N2. The molecule has 0 aliphatic rings. The molecule has 0 atom stereocenters. The number of benzene rings is 2. The zero-order valence-electron chi connectivity index (χ0n) is 16.2. The molecular weight excluding hydrogens is 268 g/mol. The van der Waals surface area contributed by atoms with Crippen LogP contribution in [0.25, 0.3) is 0 Å². The minimum absolute atomic E-state index is 0.0946. The van der Waals surface area contributed by atoms with Crippen molar-refractivity contribution >= 4 is 12.4 Å². The molecule has 0 saturated carbocycles. The molecule has 0 spiro atoms. The smallest absolute Gasteiger partial charge is 0.0867 e. The van der Waals surface area contributed by atoms with Gasteiger partial charge in [-0.2, -0.15) is 10.2 Å². The second kappa shape index (κ2) is 6.69. The molecule has 2 nitrogen and oxygen atoms in total. The number of hydrogen-bond acceptors (Lipinski definition) is 2. The summed E-state index contributed by atoms with van der Waals surface area (Å²) in [5, 5.41) is 8.02. The summed E-state index contributed by atoms with van der Waals surface area (Å²) in [6, 6.07) is 8.13. The van der Waals surface area contributed by atoms with Gasteiger partial charge in [0.15, 0.2) is 0 Å². The lowest BCUT2D eigenvalue weighted by atomic mass is 10.0. The number of aryl methyl sites for hydroxylation is 6. The van der Waals surface area contributed by atoms with E-state index in [1.54, 1.807) is 0 Å². The molecule has 2 aromatic rings. The second-order valence-corrected chi connectivity index (χ2v) is 5.97. The Morgan fingerprint density at radius 1 is 0.636 bits per heavy atom. The summed E-state index contributed by atoms with van der Waals surface area (Å²) in [4.78, 5) is 0. The van der Waals surface area contributed by atoms with Gasteiger partial charge in [-0.15, -0.1) is 0 Å². The Morgan fingerprint density at radius 2 is 0.909 bits per heavy atom. The van der Waals surface area contributed by atoms with Gasteiger partial charge >= 0.3 is 0 Å². The highest BCUT2D eigenvalue weighted by molar-refractivity contribution is 5.86. The van der Waals surface area contributed by atoms with Gasteiger partial charge in [0.1, 0.15) is 0 Å². The molecule has 0 aromatic heterocycles. The van der Waals surface area contributed by atoms with E-state index >= 15 is 0 Å². The Labute approximate surface area is 136 Å². The first kappa shape index (κ1) is 13.4. The summed E-state index contributed by atoms with van der Waals surface area (Å²) >= 11 is 0. The maximum atomic E-state index is 8.22. The summed E-state index contributed by atoms with van der Waals surface area (Å²) in [5.41, 5.74) is 7.92. The van der Waals surface area contributed by atoms with Crippen LogP contribution in [0.2, 0.25) is 0 Å². The Kier molecular flexibility index (Phi) is 4.09. The molecule has 2 rings (SSSR count). The SMILES string of the molecule is [2H]/C(=N\N=C(/[2H])c1c(C)cc(C)cc1C)c1c(C)cc(C)cc1C. The van der Waals surface area contributed by atoms with Crippen LogP contribution in [-0.4, -0.2) is 12.4 Å². The average molecular weight is 294 g/mol. The predicted molar refractivity (Wildman–Crippen MR) is 96.5 cm³/mol. The van der Waals surface area contributed by atoms with Crippen LogP contribution >= 0.6 is 0 Å². The van der Waals surface area contributed by atoms with Gasteiger partial charge in [0.25, 0.3) is 0 Å². The monoisotopic (exact) mass is 294 g/mol. The third kappa shape index (κ3) is 3.70. The zero-order chi connectivity index (χ0) is 18.0. The molecule has 0 saturated heterocycles. The van der Waals surface area contributed by atoms with E-state index in [-0.39, 0.29) is 12.4 Å². The molecule has 0 radical (unpaired) electrons. The first-order chi connectivity index (χ1) is 11.2. The molecule has 0 bridgehead atoms. The molecule has 0 aliphatic carbocycles. The van der Waals surface area contributed by atoms with Gasteiger partial charge in [-0.3, -0.25) is 0 Å². The fraction of sp³-hybridized carbons (Fsp3) is 0.300. The third-order valence-electron chi connectivity index (χ3n) is 3.73. The van der Waals surface area contributed by atoms with E-state index in [1.807, 2.05) is 65.8 Å². The fourth-order valence-electron chi connectivity index (χ4n) is 2.86. The van der Waals surface area contributed by atoms with Crippen molar-refractivity contribution < 1.29 is 2.74 Å². The predicted octanol–water partition coefficient (Wildman–Crippen LogP) is 4.99. The molecule has 0 unspecified atom stereocenters. The lowest BCUT2D eigenvalue weighted by Crippen LogP contribution is -1.94. The molecule has 0 amide bonds. The summed E-state index contributed by atoms with van der Waals surface area (Å²) in [6.07, 6.45) is 0.189. The Bertz CT molecular complexity index is 731. The van der Waals surface area contributed by atoms with E-state index < -0.39 is 0 Å². The molecule has 2 aromatic carbocycles. The van der Waals surface area contributed by atoms with Crippen molar-refractivity contribution in [1.29, 1.82) is 0 Å². The molecule has 0 aliphatic heterocycles. The van der Waals surface area contributed by atoms with Gasteiger partial charge in [-0.25, -0.2) is 0 Å². The van der Waals surface area contributed by atoms with E-state index in [0.717, 1.165) is 44.5 Å². The van der Waals surface area contributed by atoms with Crippen LogP contribution in [0.15, 0.2) is 34.5 Å². The summed E-state index contributed by atoms with van der Waals surface area (Å²) in [7, 11) is 0. The van der Waals surface area contributed by atoms with Crippen LogP contribution in [0, 0.1) is 41.5 Å². The van der Waals surface area contributed by atoms with Gasteiger partial charge < -0.3 is 0 Å². The number of rotatable bonds is 3. The highest BCUT2D eigenvalue weighted by Crippen LogP contribution is 2.15. The second-order valence-electron chi connectivity index (χ2n) is 5.97. The average Bonchev–Trinajstić information content (AvgIpc) is 2.42. The van der Waals surface area contributed by atoms with Crippen molar-refractivity contribution in [3.05, 3.63) is 68.8 Å². The Morgan fingerprint density at radius 3 is 1.18 bits per heavy atom. The van der Waals surface area contributed by atoms with E-state index in [2.05, 4.69) is 10.2 Å². The van der Waals surface area contributed by atoms with Crippen LogP contribution in [0.4, 0.5) is 0 Å². The van der Waals surface area contributed by atoms with Crippen molar-refractivity contribution in [2.24, 2.45) is 10.2 Å². The molecule has 0 fully saturated rings. The normalized spacial score (nSPS) is 13.9. The van der Waals surface area contributed by atoms with Crippen molar-refractivity contribution in [3.63, 3.8) is 0 Å². The summed E-state index contributed by atoms with van der Waals surface area (Å²) in [5.74, 6) is 0. The molecule has 0 N–H and O–H groups in total. The third-order valence-corrected chi connectivity index (χ3v) is 3.73. The Balaban J connectivity index is 2.44. The maximum absolute atomic E-state index is 8.22. The standard InChI is InChI=1S/C20H24N2/c1-13-7-15(3)19(16(4)8-13)11-21-22-12-20-17(5)9-14(2)10-18(20)6/h7-12H,1-6H3/b21-11+,22-12+/i11D,12D. The van der Waals surface area contributed by atoms with E-state index in [9.17, 15) is 0 Å². The first-order valence-corrected chi connectivity index (χ1v) is 7.46. The van der Waals surface area contributed by atoms with E-state index in [0.29, 0.717) is 0 Å². The molecule has 0 heterocycles. The van der Waals surface area contributed by atoms with Crippen LogP contribution < -0.4 is 0 Å². The van der Waals surface area contributed by atoms with E-state index in [1.165, 1.54) is 0 Å². The Hall–Kier alpha value is -2.22. The minimum atomic E-state index is 0.0946. The first-order valence-electron chi connectivity index (χ1n) is 8.46. The van der Waals surface area contributed by atoms with Crippen molar-refractivity contribution in [1.82, 2.24) is 0 Å². The summed E-state index contributed by atoms with van der Waals surface area (Å²) in [6.45, 7) is 12.0. The van der Waals surface area contributed by atoms with Gasteiger partial charge in [0.2, 0.25) is 0 Å². The zero-order valence-corrected chi connectivity index (χ0v) is 14.2. The van der Waals surface area contributed by atoms with Gasteiger partial charge in [-0.1, -0.05) is 35.4 Å². The quantitative estimate of drug-likeness (QED) is 0.563. The van der Waals surface area contributed by atoms with Crippen LogP contribution in [0.3, 0.4) is 0 Å². The minimum Gasteiger partial charge on any atom is -0.158 e. The van der Waals surface area contributed by atoms with Crippen LogP contribution in [0.5, 0.6) is 0 Å². The van der Waals surface area contributed by atoms with Crippen LogP contribution in [-0.2, 0) is 0 Å².